The number of aromatic amines is 1. The summed E-state index contributed by atoms with van der Waals surface area (Å²) in [7, 11) is 1.74. The van der Waals surface area contributed by atoms with E-state index < -0.39 is 0 Å². The summed E-state index contributed by atoms with van der Waals surface area (Å²) in [6.45, 7) is 2.50. The maximum atomic E-state index is 13.3. The van der Waals surface area contributed by atoms with Crippen molar-refractivity contribution in [2.45, 2.75) is 31.8 Å². The van der Waals surface area contributed by atoms with Crippen molar-refractivity contribution in [3.8, 4) is 0 Å². The van der Waals surface area contributed by atoms with E-state index in [1.807, 2.05) is 6.07 Å². The van der Waals surface area contributed by atoms with Gasteiger partial charge in [-0.15, -0.1) is 0 Å². The van der Waals surface area contributed by atoms with Crippen LogP contribution in [-0.2, 0) is 17.9 Å². The first-order valence-electron chi connectivity index (χ1n) is 9.20. The molecule has 3 heterocycles. The number of hydrogen-bond donors (Lipinski definition) is 2. The molecule has 0 saturated carbocycles. The van der Waals surface area contributed by atoms with Crippen LogP contribution in [-0.4, -0.2) is 50.7 Å². The van der Waals surface area contributed by atoms with E-state index in [1.54, 1.807) is 28.9 Å². The third kappa shape index (κ3) is 3.85. The molecule has 142 valence electrons. The van der Waals surface area contributed by atoms with Crippen LogP contribution in [0, 0.1) is 5.82 Å². The van der Waals surface area contributed by atoms with Gasteiger partial charge in [0.05, 0.1) is 17.6 Å². The highest BCUT2D eigenvalue weighted by Gasteiger charge is 2.21. The summed E-state index contributed by atoms with van der Waals surface area (Å²) in [5.74, 6) is 0.661. The molecule has 1 aliphatic heterocycles. The second-order valence-electron chi connectivity index (χ2n) is 7.05. The standard InChI is InChI=1S/C19H23FN6O/c1-25(11-18-23-15-5-4-14(20)9-16(15)24-18)19(27)12-26-17(6-8-22-26)13-3-2-7-21-10-13/h4-6,8-9,13,21H,2-3,7,10-12H2,1H3,(H,23,24). The number of carbonyl (C=O) groups is 1. The van der Waals surface area contributed by atoms with E-state index in [2.05, 4.69) is 20.4 Å². The summed E-state index contributed by atoms with van der Waals surface area (Å²) in [4.78, 5) is 21.8. The van der Waals surface area contributed by atoms with Crippen LogP contribution < -0.4 is 5.32 Å². The zero-order valence-electron chi connectivity index (χ0n) is 15.3. The van der Waals surface area contributed by atoms with Gasteiger partial charge in [-0.25, -0.2) is 9.37 Å². The topological polar surface area (TPSA) is 78.8 Å². The minimum absolute atomic E-state index is 0.0460. The second kappa shape index (κ2) is 7.48. The molecule has 7 nitrogen and oxygen atoms in total. The van der Waals surface area contributed by atoms with Crippen LogP contribution in [0.2, 0.25) is 0 Å². The largest absolute Gasteiger partial charge is 0.340 e. The number of piperidine rings is 1. The highest BCUT2D eigenvalue weighted by molar-refractivity contribution is 5.77. The number of hydrogen-bond acceptors (Lipinski definition) is 4. The van der Waals surface area contributed by atoms with Crippen LogP contribution in [0.15, 0.2) is 30.5 Å². The van der Waals surface area contributed by atoms with Gasteiger partial charge in [-0.1, -0.05) is 0 Å². The number of benzene rings is 1. The lowest BCUT2D eigenvalue weighted by Crippen LogP contribution is -2.33. The Morgan fingerprint density at radius 3 is 3.11 bits per heavy atom. The summed E-state index contributed by atoms with van der Waals surface area (Å²) >= 11 is 0. The van der Waals surface area contributed by atoms with Crippen LogP contribution in [0.1, 0.15) is 30.3 Å². The van der Waals surface area contributed by atoms with E-state index >= 15 is 0 Å². The number of fused-ring (bicyclic) bond motifs is 1. The van der Waals surface area contributed by atoms with Crippen molar-refractivity contribution in [1.29, 1.82) is 0 Å². The predicted octanol–water partition coefficient (Wildman–Crippen LogP) is 2.02. The number of imidazole rings is 1. The molecule has 2 N–H and O–H groups in total. The third-order valence-electron chi connectivity index (χ3n) is 5.06. The highest BCUT2D eigenvalue weighted by atomic mass is 19.1. The Labute approximate surface area is 156 Å². The number of aromatic nitrogens is 4. The fourth-order valence-electron chi connectivity index (χ4n) is 3.60. The molecule has 1 atom stereocenters. The number of carbonyl (C=O) groups excluding carboxylic acids is 1. The lowest BCUT2D eigenvalue weighted by Gasteiger charge is -2.24. The van der Waals surface area contributed by atoms with Gasteiger partial charge in [0.15, 0.2) is 0 Å². The van der Waals surface area contributed by atoms with Gasteiger partial charge in [0.2, 0.25) is 5.91 Å². The molecule has 0 spiro atoms. The average Bonchev–Trinajstić information content (AvgIpc) is 3.28. The summed E-state index contributed by atoms with van der Waals surface area (Å²) < 4.78 is 15.1. The SMILES string of the molecule is CN(Cc1nc2ccc(F)cc2[nH]1)C(=O)Cn1nccc1C1CCCNC1. The minimum Gasteiger partial charge on any atom is -0.340 e. The number of amides is 1. The Balaban J connectivity index is 1.42. The molecular weight excluding hydrogens is 347 g/mol. The fourth-order valence-corrected chi connectivity index (χ4v) is 3.60. The lowest BCUT2D eigenvalue weighted by atomic mass is 9.96. The number of halogens is 1. The second-order valence-corrected chi connectivity index (χ2v) is 7.05. The van der Waals surface area contributed by atoms with Crippen molar-refractivity contribution >= 4 is 16.9 Å². The molecular formula is C19H23FN6O. The van der Waals surface area contributed by atoms with Crippen LogP contribution in [0.3, 0.4) is 0 Å². The number of rotatable bonds is 5. The van der Waals surface area contributed by atoms with Gasteiger partial charge in [-0.2, -0.15) is 5.10 Å². The quantitative estimate of drug-likeness (QED) is 0.720. The zero-order chi connectivity index (χ0) is 18.8. The van der Waals surface area contributed by atoms with Gasteiger partial charge in [0, 0.05) is 31.4 Å². The molecule has 27 heavy (non-hydrogen) atoms. The van der Waals surface area contributed by atoms with Crippen LogP contribution >= 0.6 is 0 Å². The molecule has 0 radical (unpaired) electrons. The number of likely N-dealkylation sites (N-methyl/N-ethyl adjacent to an activating group) is 1. The Hall–Kier alpha value is -2.74. The van der Waals surface area contributed by atoms with Crippen molar-refractivity contribution < 1.29 is 9.18 Å². The van der Waals surface area contributed by atoms with E-state index in [4.69, 9.17) is 0 Å². The lowest BCUT2D eigenvalue weighted by molar-refractivity contribution is -0.131. The maximum absolute atomic E-state index is 13.3. The van der Waals surface area contributed by atoms with E-state index in [-0.39, 0.29) is 18.3 Å². The number of nitrogens with zero attached hydrogens (tertiary/aromatic N) is 4. The fraction of sp³-hybridized carbons (Fsp3) is 0.421. The monoisotopic (exact) mass is 370 g/mol. The highest BCUT2D eigenvalue weighted by Crippen LogP contribution is 2.23. The van der Waals surface area contributed by atoms with Crippen molar-refractivity contribution in [1.82, 2.24) is 30.0 Å². The summed E-state index contributed by atoms with van der Waals surface area (Å²) in [5.41, 5.74) is 2.42. The molecule has 1 amide bonds. The molecule has 1 aliphatic rings. The zero-order valence-corrected chi connectivity index (χ0v) is 15.3. The van der Waals surface area contributed by atoms with E-state index in [0.29, 0.717) is 29.3 Å². The third-order valence-corrected chi connectivity index (χ3v) is 5.06. The number of nitrogens with one attached hydrogen (secondary N) is 2. The summed E-state index contributed by atoms with van der Waals surface area (Å²) in [5, 5.41) is 7.74. The smallest absolute Gasteiger partial charge is 0.244 e. The van der Waals surface area contributed by atoms with E-state index in [9.17, 15) is 9.18 Å². The first-order valence-corrected chi connectivity index (χ1v) is 9.20. The van der Waals surface area contributed by atoms with E-state index in [1.165, 1.54) is 12.1 Å². The van der Waals surface area contributed by atoms with Crippen LogP contribution in [0.5, 0.6) is 0 Å². The molecule has 3 aromatic rings. The van der Waals surface area contributed by atoms with Crippen LogP contribution in [0.25, 0.3) is 11.0 Å². The van der Waals surface area contributed by atoms with Gasteiger partial charge >= 0.3 is 0 Å². The van der Waals surface area contributed by atoms with Gasteiger partial charge in [0.1, 0.15) is 18.2 Å². The van der Waals surface area contributed by atoms with E-state index in [0.717, 1.165) is 31.6 Å². The summed E-state index contributed by atoms with van der Waals surface area (Å²) in [6, 6.07) is 6.41. The molecule has 2 aromatic heterocycles. The average molecular weight is 370 g/mol. The van der Waals surface area contributed by atoms with Crippen molar-refractivity contribution in [2.24, 2.45) is 0 Å². The van der Waals surface area contributed by atoms with Gasteiger partial charge in [-0.3, -0.25) is 9.48 Å². The van der Waals surface area contributed by atoms with Gasteiger partial charge in [-0.05, 0) is 43.7 Å². The van der Waals surface area contributed by atoms with Crippen molar-refractivity contribution in [3.63, 3.8) is 0 Å². The predicted molar refractivity (Wildman–Crippen MR) is 99.6 cm³/mol. The Bertz CT molecular complexity index is 943. The molecule has 1 unspecified atom stereocenters. The normalized spacial score (nSPS) is 17.3. The Morgan fingerprint density at radius 2 is 2.30 bits per heavy atom. The molecule has 8 heteroatoms. The Morgan fingerprint density at radius 1 is 1.41 bits per heavy atom. The number of H-pyrrole nitrogens is 1. The van der Waals surface area contributed by atoms with Crippen molar-refractivity contribution in [3.05, 3.63) is 47.8 Å². The van der Waals surface area contributed by atoms with Gasteiger partial charge < -0.3 is 15.2 Å². The first kappa shape index (κ1) is 17.7. The van der Waals surface area contributed by atoms with Crippen molar-refractivity contribution in [2.75, 3.05) is 20.1 Å². The maximum Gasteiger partial charge on any atom is 0.244 e. The molecule has 1 fully saturated rings. The minimum atomic E-state index is -0.314. The van der Waals surface area contributed by atoms with Crippen LogP contribution in [0.4, 0.5) is 4.39 Å². The summed E-state index contributed by atoms with van der Waals surface area (Å²) in [6.07, 6.45) is 4.00. The molecule has 4 rings (SSSR count). The van der Waals surface area contributed by atoms with Gasteiger partial charge in [0.25, 0.3) is 0 Å². The Kier molecular flexibility index (Phi) is 4.89. The molecule has 1 saturated heterocycles. The molecule has 0 bridgehead atoms. The molecule has 1 aromatic carbocycles. The first-order chi connectivity index (χ1) is 13.1. The molecule has 0 aliphatic carbocycles.